The zero-order chi connectivity index (χ0) is 29.2. The van der Waals surface area contributed by atoms with E-state index in [0.717, 1.165) is 17.5 Å². The first kappa shape index (κ1) is 31.7. The van der Waals surface area contributed by atoms with Gasteiger partial charge in [-0.1, -0.05) is 54.7 Å². The van der Waals surface area contributed by atoms with Crippen molar-refractivity contribution in [2.24, 2.45) is 0 Å². The van der Waals surface area contributed by atoms with Crippen molar-refractivity contribution in [1.29, 1.82) is 0 Å². The number of ether oxygens (including phenoxy) is 1. The second kappa shape index (κ2) is 15.3. The van der Waals surface area contributed by atoms with Crippen LogP contribution in [0.3, 0.4) is 0 Å². The van der Waals surface area contributed by atoms with Crippen LogP contribution in [0.25, 0.3) is 0 Å². The molecule has 218 valence electrons. The van der Waals surface area contributed by atoms with Gasteiger partial charge in [0.2, 0.25) is 17.7 Å². The largest absolute Gasteiger partial charge is 0.489 e. The fourth-order valence-electron chi connectivity index (χ4n) is 4.60. The number of fused-ring (bicyclic) bond motifs is 1. The van der Waals surface area contributed by atoms with Crippen LogP contribution in [0.5, 0.6) is 5.75 Å². The van der Waals surface area contributed by atoms with Crippen molar-refractivity contribution in [3.8, 4) is 5.75 Å². The molecule has 0 fully saturated rings. The van der Waals surface area contributed by atoms with Crippen molar-refractivity contribution in [3.05, 3.63) is 63.6 Å². The molecule has 0 saturated heterocycles. The molecule has 0 unspecified atom stereocenters. The van der Waals surface area contributed by atoms with Crippen LogP contribution < -0.4 is 20.7 Å². The van der Waals surface area contributed by atoms with Crippen LogP contribution >= 0.6 is 23.2 Å². The third kappa shape index (κ3) is 9.11. The Balaban J connectivity index is 1.87. The molecule has 8 nitrogen and oxygen atoms in total. The van der Waals surface area contributed by atoms with Gasteiger partial charge in [-0.25, -0.2) is 0 Å². The molecule has 0 aliphatic carbocycles. The quantitative estimate of drug-likeness (QED) is 0.496. The van der Waals surface area contributed by atoms with Crippen LogP contribution in [0.2, 0.25) is 10.0 Å². The number of likely N-dealkylation sites (N-methyl/N-ethyl adjacent to an activating group) is 1. The van der Waals surface area contributed by atoms with Gasteiger partial charge < -0.3 is 25.6 Å². The molecule has 4 atom stereocenters. The van der Waals surface area contributed by atoms with Crippen molar-refractivity contribution >= 4 is 40.9 Å². The highest BCUT2D eigenvalue weighted by Gasteiger charge is 2.31. The standard InChI is InChI=1S/C30H40Cl2N4O4/c1-5-7-25-30(39)36(4)20(3)28(37)35-26(16-21-9-12-23(31)13-10-21)29(38)33-15-6-8-22-11-14-24(32)17-27(22)40-19(2)18-34-25/h9-14,17,19-20,25-26,34H,5-8,15-16,18H2,1-4H3,(H,33,38)(H,35,37)/t19-,20-,25+,26-/m1/s1. The summed E-state index contributed by atoms with van der Waals surface area (Å²) in [6, 6.07) is 10.6. The SMILES string of the molecule is CCC[C@@H]1NC[C@@H](C)Oc2cc(Cl)ccc2CCCNC(=O)[C@@H](Cc2ccc(Cl)cc2)NC(=O)[C@@H](C)N(C)C1=O. The summed E-state index contributed by atoms with van der Waals surface area (Å²) in [6.45, 7) is 6.46. The predicted octanol–water partition coefficient (Wildman–Crippen LogP) is 4.16. The molecule has 3 rings (SSSR count). The average molecular weight is 592 g/mol. The van der Waals surface area contributed by atoms with E-state index in [-0.39, 0.29) is 24.3 Å². The van der Waals surface area contributed by atoms with Gasteiger partial charge in [-0.05, 0) is 68.5 Å². The molecule has 1 aliphatic rings. The third-order valence-electron chi connectivity index (χ3n) is 7.10. The first-order valence-corrected chi connectivity index (χ1v) is 14.6. The molecule has 0 aromatic heterocycles. The zero-order valence-corrected chi connectivity index (χ0v) is 25.1. The molecule has 3 amide bonds. The van der Waals surface area contributed by atoms with Crippen molar-refractivity contribution < 1.29 is 19.1 Å². The first-order chi connectivity index (χ1) is 19.1. The number of carbonyl (C=O) groups is 3. The van der Waals surface area contributed by atoms with Crippen LogP contribution in [0.1, 0.15) is 51.2 Å². The highest BCUT2D eigenvalue weighted by atomic mass is 35.5. The fraction of sp³-hybridized carbons (Fsp3) is 0.500. The van der Waals surface area contributed by atoms with E-state index in [0.29, 0.717) is 48.1 Å². The minimum atomic E-state index is -0.821. The number of nitrogens with zero attached hydrogens (tertiary/aromatic N) is 1. The number of carbonyl (C=O) groups excluding carboxylic acids is 3. The maximum absolute atomic E-state index is 13.4. The van der Waals surface area contributed by atoms with Crippen LogP contribution in [0.15, 0.2) is 42.5 Å². The monoisotopic (exact) mass is 590 g/mol. The topological polar surface area (TPSA) is 99.8 Å². The van der Waals surface area contributed by atoms with E-state index in [9.17, 15) is 14.4 Å². The molecule has 0 radical (unpaired) electrons. The number of hydrogen-bond donors (Lipinski definition) is 3. The van der Waals surface area contributed by atoms with E-state index < -0.39 is 24.0 Å². The highest BCUT2D eigenvalue weighted by molar-refractivity contribution is 6.31. The molecule has 0 saturated carbocycles. The van der Waals surface area contributed by atoms with Crippen LogP contribution in [0.4, 0.5) is 0 Å². The Morgan fingerprint density at radius 2 is 1.68 bits per heavy atom. The van der Waals surface area contributed by atoms with Gasteiger partial charge >= 0.3 is 0 Å². The van der Waals surface area contributed by atoms with Gasteiger partial charge in [0.05, 0.1) is 6.04 Å². The maximum atomic E-state index is 13.4. The zero-order valence-electron chi connectivity index (χ0n) is 23.6. The van der Waals surface area contributed by atoms with E-state index in [2.05, 4.69) is 16.0 Å². The van der Waals surface area contributed by atoms with Gasteiger partial charge in [0, 0.05) is 36.6 Å². The summed E-state index contributed by atoms with van der Waals surface area (Å²) in [7, 11) is 1.61. The summed E-state index contributed by atoms with van der Waals surface area (Å²) < 4.78 is 6.23. The molecule has 3 N–H and O–H groups in total. The minimum Gasteiger partial charge on any atom is -0.489 e. The van der Waals surface area contributed by atoms with Crippen LogP contribution in [-0.2, 0) is 27.2 Å². The second-order valence-corrected chi connectivity index (χ2v) is 11.2. The van der Waals surface area contributed by atoms with Crippen molar-refractivity contribution in [2.75, 3.05) is 20.1 Å². The normalized spacial score (nSPS) is 23.8. The van der Waals surface area contributed by atoms with E-state index in [4.69, 9.17) is 27.9 Å². The van der Waals surface area contributed by atoms with Crippen molar-refractivity contribution in [2.45, 2.75) is 77.1 Å². The molecule has 10 heteroatoms. The predicted molar refractivity (Wildman–Crippen MR) is 159 cm³/mol. The number of nitrogens with one attached hydrogen (secondary N) is 3. The summed E-state index contributed by atoms with van der Waals surface area (Å²) in [6.07, 6.45) is 2.78. The third-order valence-corrected chi connectivity index (χ3v) is 7.59. The summed E-state index contributed by atoms with van der Waals surface area (Å²) in [5.74, 6) is -0.202. The summed E-state index contributed by atoms with van der Waals surface area (Å²) in [5.41, 5.74) is 1.83. The Labute approximate surface area is 247 Å². The molecular formula is C30H40Cl2N4O4. The Bertz CT molecular complexity index is 1160. The van der Waals surface area contributed by atoms with Crippen LogP contribution in [-0.4, -0.2) is 67.0 Å². The van der Waals surface area contributed by atoms with Gasteiger partial charge in [0.25, 0.3) is 0 Å². The number of amides is 3. The molecule has 2 aromatic rings. The van der Waals surface area contributed by atoms with E-state index in [1.807, 2.05) is 38.1 Å². The van der Waals surface area contributed by atoms with E-state index >= 15 is 0 Å². The van der Waals surface area contributed by atoms with E-state index in [1.165, 1.54) is 4.90 Å². The second-order valence-electron chi connectivity index (χ2n) is 10.3. The smallest absolute Gasteiger partial charge is 0.243 e. The first-order valence-electron chi connectivity index (χ1n) is 13.9. The minimum absolute atomic E-state index is 0.194. The summed E-state index contributed by atoms with van der Waals surface area (Å²) >= 11 is 12.3. The Kier molecular flexibility index (Phi) is 12.1. The Morgan fingerprint density at radius 3 is 2.38 bits per heavy atom. The molecule has 1 aliphatic heterocycles. The van der Waals surface area contributed by atoms with Gasteiger partial charge in [-0.3, -0.25) is 14.4 Å². The van der Waals surface area contributed by atoms with Crippen LogP contribution in [0, 0.1) is 0 Å². The lowest BCUT2D eigenvalue weighted by atomic mass is 10.0. The highest BCUT2D eigenvalue weighted by Crippen LogP contribution is 2.26. The van der Waals surface area contributed by atoms with Crippen molar-refractivity contribution in [1.82, 2.24) is 20.9 Å². The number of aryl methyl sites for hydroxylation is 1. The van der Waals surface area contributed by atoms with Gasteiger partial charge in [0.15, 0.2) is 0 Å². The van der Waals surface area contributed by atoms with Gasteiger partial charge in [0.1, 0.15) is 23.9 Å². The summed E-state index contributed by atoms with van der Waals surface area (Å²) in [5, 5.41) is 10.3. The molecule has 2 aromatic carbocycles. The molecule has 40 heavy (non-hydrogen) atoms. The average Bonchev–Trinajstić information content (AvgIpc) is 2.93. The maximum Gasteiger partial charge on any atom is 0.243 e. The fourth-order valence-corrected chi connectivity index (χ4v) is 4.88. The van der Waals surface area contributed by atoms with Crippen molar-refractivity contribution in [3.63, 3.8) is 0 Å². The Hall–Kier alpha value is -2.81. The summed E-state index contributed by atoms with van der Waals surface area (Å²) in [4.78, 5) is 41.4. The molecule has 0 bridgehead atoms. The molecule has 1 heterocycles. The van der Waals surface area contributed by atoms with Gasteiger partial charge in [-0.15, -0.1) is 0 Å². The number of hydrogen-bond acceptors (Lipinski definition) is 5. The Morgan fingerprint density at radius 1 is 0.975 bits per heavy atom. The van der Waals surface area contributed by atoms with Gasteiger partial charge in [-0.2, -0.15) is 0 Å². The molecular weight excluding hydrogens is 551 g/mol. The number of rotatable bonds is 4. The molecule has 0 spiro atoms. The lowest BCUT2D eigenvalue weighted by molar-refractivity contribution is -0.141. The lowest BCUT2D eigenvalue weighted by Crippen LogP contribution is -2.56. The number of benzene rings is 2. The number of halogens is 2. The lowest BCUT2D eigenvalue weighted by Gasteiger charge is -2.30. The van der Waals surface area contributed by atoms with E-state index in [1.54, 1.807) is 32.2 Å².